The molecule has 2 fully saturated rings. The molecule has 2 heterocycles. The number of rotatable bonds is 4. The van der Waals surface area contributed by atoms with Gasteiger partial charge in [-0.2, -0.15) is 0 Å². The van der Waals surface area contributed by atoms with Crippen molar-refractivity contribution >= 4 is 5.91 Å². The second kappa shape index (κ2) is 5.14. The Bertz CT molecular complexity index is 678. The van der Waals surface area contributed by atoms with Crippen molar-refractivity contribution < 1.29 is 4.79 Å². The highest BCUT2D eigenvalue weighted by atomic mass is 16.2. The maximum atomic E-state index is 12.4. The first-order valence-corrected chi connectivity index (χ1v) is 7.38. The lowest BCUT2D eigenvalue weighted by atomic mass is 9.61. The molecule has 0 unspecified atom stereocenters. The van der Waals surface area contributed by atoms with Crippen LogP contribution in [0.1, 0.15) is 25.3 Å². The number of aromatic nitrogens is 2. The maximum Gasteiger partial charge on any atom is 0.328 e. The summed E-state index contributed by atoms with van der Waals surface area (Å²) >= 11 is 0. The molecule has 1 saturated carbocycles. The summed E-state index contributed by atoms with van der Waals surface area (Å²) in [5, 5.41) is 6.13. The lowest BCUT2D eigenvalue weighted by molar-refractivity contribution is -0.138. The van der Waals surface area contributed by atoms with E-state index in [-0.39, 0.29) is 17.9 Å². The molecule has 3 N–H and O–H groups in total. The van der Waals surface area contributed by atoms with Crippen LogP contribution < -0.4 is 21.9 Å². The van der Waals surface area contributed by atoms with Gasteiger partial charge in [-0.3, -0.25) is 14.6 Å². The minimum atomic E-state index is -0.433. The molecule has 3 rings (SSSR count). The first kappa shape index (κ1) is 14.1. The van der Waals surface area contributed by atoms with Gasteiger partial charge in [-0.25, -0.2) is 4.79 Å². The van der Waals surface area contributed by atoms with Gasteiger partial charge in [-0.05, 0) is 32.2 Å². The lowest BCUT2D eigenvalue weighted by Crippen LogP contribution is -2.52. The van der Waals surface area contributed by atoms with Crippen LogP contribution >= 0.6 is 0 Å². The monoisotopic (exact) mass is 292 g/mol. The van der Waals surface area contributed by atoms with E-state index in [0.29, 0.717) is 24.6 Å². The topological polar surface area (TPSA) is 96.0 Å². The molecule has 1 aromatic heterocycles. The Morgan fingerprint density at radius 1 is 1.52 bits per heavy atom. The smallest absolute Gasteiger partial charge is 0.328 e. The zero-order chi connectivity index (χ0) is 15.0. The highest BCUT2D eigenvalue weighted by Crippen LogP contribution is 2.49. The number of carbonyl (C=O) groups is 1. The van der Waals surface area contributed by atoms with E-state index < -0.39 is 11.2 Å². The molecule has 0 radical (unpaired) electrons. The molecule has 1 aliphatic carbocycles. The van der Waals surface area contributed by atoms with E-state index in [1.54, 1.807) is 0 Å². The molecule has 7 heteroatoms. The van der Waals surface area contributed by atoms with Gasteiger partial charge in [0.05, 0.1) is 11.0 Å². The standard InChI is InChI=1S/C14H20N4O3/c1-2-18-7-9(11(19)17-13(18)21)5-16-12(20)14-4-3-10(14)6-15-8-14/h7,10,15H,2-6,8H2,1H3,(H,16,20)(H,17,19,21)/t10-,14-/m0/s1. The van der Waals surface area contributed by atoms with Gasteiger partial charge < -0.3 is 15.2 Å². The molecule has 21 heavy (non-hydrogen) atoms. The predicted molar refractivity (Wildman–Crippen MR) is 76.9 cm³/mol. The number of aromatic amines is 1. The molecule has 0 spiro atoms. The number of aryl methyl sites for hydroxylation is 1. The summed E-state index contributed by atoms with van der Waals surface area (Å²) in [5.41, 5.74) is -0.734. The van der Waals surface area contributed by atoms with Crippen molar-refractivity contribution in [3.05, 3.63) is 32.6 Å². The molecule has 0 bridgehead atoms. The van der Waals surface area contributed by atoms with Crippen molar-refractivity contribution in [1.82, 2.24) is 20.2 Å². The zero-order valence-corrected chi connectivity index (χ0v) is 12.1. The minimum Gasteiger partial charge on any atom is -0.351 e. The van der Waals surface area contributed by atoms with Gasteiger partial charge in [0.25, 0.3) is 5.56 Å². The van der Waals surface area contributed by atoms with Gasteiger partial charge in [0.1, 0.15) is 0 Å². The van der Waals surface area contributed by atoms with Crippen LogP contribution in [-0.4, -0.2) is 28.5 Å². The molecule has 2 aliphatic rings. The number of fused-ring (bicyclic) bond motifs is 1. The van der Waals surface area contributed by atoms with Crippen LogP contribution in [0.5, 0.6) is 0 Å². The second-order valence-electron chi connectivity index (χ2n) is 5.90. The third-order valence-electron chi connectivity index (χ3n) is 4.87. The van der Waals surface area contributed by atoms with Gasteiger partial charge in [0.2, 0.25) is 5.91 Å². The molecule has 1 amide bonds. The van der Waals surface area contributed by atoms with Crippen molar-refractivity contribution in [1.29, 1.82) is 0 Å². The summed E-state index contributed by atoms with van der Waals surface area (Å²) in [6.07, 6.45) is 3.51. The van der Waals surface area contributed by atoms with Crippen LogP contribution in [0.4, 0.5) is 0 Å². The average molecular weight is 292 g/mol. The summed E-state index contributed by atoms with van der Waals surface area (Å²) in [4.78, 5) is 37.9. The van der Waals surface area contributed by atoms with Crippen LogP contribution in [0, 0.1) is 11.3 Å². The number of nitrogens with one attached hydrogen (secondary N) is 3. The van der Waals surface area contributed by atoms with Crippen molar-refractivity contribution in [2.75, 3.05) is 13.1 Å². The third-order valence-corrected chi connectivity index (χ3v) is 4.87. The van der Waals surface area contributed by atoms with Crippen LogP contribution in [0.2, 0.25) is 0 Å². The van der Waals surface area contributed by atoms with Gasteiger partial charge in [-0.1, -0.05) is 0 Å². The quantitative estimate of drug-likeness (QED) is 0.675. The maximum absolute atomic E-state index is 12.4. The number of amides is 1. The Balaban J connectivity index is 1.72. The van der Waals surface area contributed by atoms with Gasteiger partial charge in [0.15, 0.2) is 0 Å². The summed E-state index contributed by atoms with van der Waals surface area (Å²) in [5.74, 6) is 0.428. The molecule has 114 valence electrons. The predicted octanol–water partition coefficient (Wildman–Crippen LogP) is -0.828. The van der Waals surface area contributed by atoms with E-state index in [0.717, 1.165) is 19.4 Å². The Morgan fingerprint density at radius 3 is 2.95 bits per heavy atom. The SMILES string of the molecule is CCn1cc(CNC(=O)[C@]23CC[C@H]2CNC3)c(=O)[nH]c1=O. The largest absolute Gasteiger partial charge is 0.351 e. The van der Waals surface area contributed by atoms with Crippen LogP contribution in [0.25, 0.3) is 0 Å². The normalized spacial score (nSPS) is 27.0. The Labute approximate surface area is 121 Å². The fourth-order valence-electron chi connectivity index (χ4n) is 3.34. The van der Waals surface area contributed by atoms with Gasteiger partial charge >= 0.3 is 5.69 Å². The number of carbonyl (C=O) groups excluding carboxylic acids is 1. The first-order valence-electron chi connectivity index (χ1n) is 7.38. The average Bonchev–Trinajstić information content (AvgIpc) is 2.73. The van der Waals surface area contributed by atoms with Crippen LogP contribution in [0.15, 0.2) is 15.8 Å². The summed E-state index contributed by atoms with van der Waals surface area (Å²) in [6, 6.07) is 0. The molecule has 0 aromatic carbocycles. The highest BCUT2D eigenvalue weighted by Gasteiger charge is 2.55. The second-order valence-corrected chi connectivity index (χ2v) is 5.90. The Morgan fingerprint density at radius 2 is 2.33 bits per heavy atom. The van der Waals surface area contributed by atoms with E-state index in [4.69, 9.17) is 0 Å². The number of H-pyrrole nitrogens is 1. The minimum absolute atomic E-state index is 0.0115. The molecule has 7 nitrogen and oxygen atoms in total. The van der Waals surface area contributed by atoms with E-state index in [2.05, 4.69) is 15.6 Å². The Hall–Kier alpha value is -1.89. The molecule has 1 saturated heterocycles. The van der Waals surface area contributed by atoms with Gasteiger partial charge in [0, 0.05) is 25.8 Å². The highest BCUT2D eigenvalue weighted by molar-refractivity contribution is 5.84. The van der Waals surface area contributed by atoms with Gasteiger partial charge in [-0.15, -0.1) is 0 Å². The van der Waals surface area contributed by atoms with Crippen LogP contribution in [-0.2, 0) is 17.9 Å². The number of hydrogen-bond donors (Lipinski definition) is 3. The fourth-order valence-corrected chi connectivity index (χ4v) is 3.34. The Kier molecular flexibility index (Phi) is 3.44. The number of nitrogens with zero attached hydrogens (tertiary/aromatic N) is 1. The summed E-state index contributed by atoms with van der Waals surface area (Å²) in [7, 11) is 0. The summed E-state index contributed by atoms with van der Waals surface area (Å²) in [6.45, 7) is 4.07. The van der Waals surface area contributed by atoms with Crippen molar-refractivity contribution in [3.63, 3.8) is 0 Å². The van der Waals surface area contributed by atoms with E-state index in [1.165, 1.54) is 10.8 Å². The van der Waals surface area contributed by atoms with Crippen LogP contribution in [0.3, 0.4) is 0 Å². The molecule has 2 atom stereocenters. The molecular formula is C14H20N4O3. The molecule has 1 aromatic rings. The fraction of sp³-hybridized carbons (Fsp3) is 0.643. The first-order chi connectivity index (χ1) is 10.1. The van der Waals surface area contributed by atoms with Crippen molar-refractivity contribution in [2.45, 2.75) is 32.9 Å². The lowest BCUT2D eigenvalue weighted by Gasteiger charge is -2.42. The molecular weight excluding hydrogens is 272 g/mol. The third kappa shape index (κ3) is 2.21. The number of hydrogen-bond acceptors (Lipinski definition) is 4. The van der Waals surface area contributed by atoms with Crippen molar-refractivity contribution in [2.24, 2.45) is 11.3 Å². The summed E-state index contributed by atoms with van der Waals surface area (Å²) < 4.78 is 1.42. The van der Waals surface area contributed by atoms with E-state index >= 15 is 0 Å². The van der Waals surface area contributed by atoms with E-state index in [1.807, 2.05) is 6.92 Å². The van der Waals surface area contributed by atoms with E-state index in [9.17, 15) is 14.4 Å². The zero-order valence-electron chi connectivity index (χ0n) is 12.1. The molecule has 1 aliphatic heterocycles. The van der Waals surface area contributed by atoms with Crippen molar-refractivity contribution in [3.8, 4) is 0 Å².